The maximum absolute atomic E-state index is 14.1. The van der Waals surface area contributed by atoms with E-state index in [1.54, 1.807) is 19.1 Å². The second-order valence-electron chi connectivity index (χ2n) is 7.72. The van der Waals surface area contributed by atoms with Crippen LogP contribution in [0.4, 0.5) is 18.9 Å². The molecule has 4 aromatic rings. The number of rotatable bonds is 4. The molecule has 1 saturated heterocycles. The third-order valence-electron chi connectivity index (χ3n) is 5.68. The molecule has 1 aliphatic rings. The predicted molar refractivity (Wildman–Crippen MR) is 116 cm³/mol. The number of thiazole rings is 1. The lowest BCUT2D eigenvalue weighted by Gasteiger charge is -2.40. The smallest absolute Gasteiger partial charge is 0.230 e. The van der Waals surface area contributed by atoms with Gasteiger partial charge in [-0.2, -0.15) is 4.52 Å². The summed E-state index contributed by atoms with van der Waals surface area (Å²) in [6.07, 6.45) is 0. The minimum Gasteiger partial charge on any atom is -0.492 e. The number of nitrogens with zero attached hydrogens (tertiary/aromatic N) is 5. The van der Waals surface area contributed by atoms with Gasteiger partial charge in [-0.15, -0.1) is 5.10 Å². The molecule has 32 heavy (non-hydrogen) atoms. The van der Waals surface area contributed by atoms with Crippen LogP contribution in [0.25, 0.3) is 4.96 Å². The van der Waals surface area contributed by atoms with Crippen LogP contribution in [-0.4, -0.2) is 50.8 Å². The zero-order valence-corrected chi connectivity index (χ0v) is 18.0. The van der Waals surface area contributed by atoms with Gasteiger partial charge in [-0.3, -0.25) is 4.90 Å². The Labute approximate surface area is 186 Å². The fourth-order valence-electron chi connectivity index (χ4n) is 4.13. The van der Waals surface area contributed by atoms with Crippen molar-refractivity contribution < 1.29 is 18.3 Å². The summed E-state index contributed by atoms with van der Waals surface area (Å²) in [5.41, 5.74) is 1.46. The molecule has 0 bridgehead atoms. The van der Waals surface area contributed by atoms with Crippen LogP contribution in [0, 0.1) is 24.4 Å². The highest BCUT2D eigenvalue weighted by atomic mass is 32.1. The van der Waals surface area contributed by atoms with Crippen molar-refractivity contribution in [2.75, 3.05) is 31.1 Å². The van der Waals surface area contributed by atoms with Crippen LogP contribution < -0.4 is 4.90 Å². The molecule has 0 aliphatic carbocycles. The van der Waals surface area contributed by atoms with Crippen molar-refractivity contribution in [1.82, 2.24) is 19.5 Å². The van der Waals surface area contributed by atoms with Gasteiger partial charge in [-0.1, -0.05) is 17.4 Å². The summed E-state index contributed by atoms with van der Waals surface area (Å²) < 4.78 is 42.4. The van der Waals surface area contributed by atoms with Gasteiger partial charge in [-0.25, -0.2) is 18.2 Å². The van der Waals surface area contributed by atoms with Crippen molar-refractivity contribution in [1.29, 1.82) is 0 Å². The van der Waals surface area contributed by atoms with Crippen LogP contribution in [0.1, 0.15) is 22.3 Å². The molecule has 6 nitrogen and oxygen atoms in total. The standard InChI is InChI=1S/C22H20F3N5OS/c1-13-26-22-30(27-13)21(31)20(32-22)19(14-2-7-17(24)18(25)12-14)29-10-8-28(9-11-29)16-5-3-15(23)4-6-16/h2-7,12,19,31H,8-11H2,1H3. The monoisotopic (exact) mass is 459 g/mol. The van der Waals surface area contributed by atoms with Gasteiger partial charge >= 0.3 is 0 Å². The lowest BCUT2D eigenvalue weighted by atomic mass is 10.0. The molecule has 166 valence electrons. The SMILES string of the molecule is Cc1nc2sc(C(c3ccc(F)c(F)c3)N3CCN(c4ccc(F)cc4)CC3)c(O)n2n1. The second kappa shape index (κ2) is 8.10. The number of aromatic nitrogens is 3. The molecule has 2 aromatic carbocycles. The van der Waals surface area contributed by atoms with Crippen LogP contribution >= 0.6 is 11.3 Å². The number of aryl methyl sites for hydroxylation is 1. The van der Waals surface area contributed by atoms with Crippen LogP contribution in [-0.2, 0) is 0 Å². The molecule has 1 fully saturated rings. The molecule has 0 amide bonds. The molecule has 1 N–H and O–H groups in total. The third kappa shape index (κ3) is 3.69. The van der Waals surface area contributed by atoms with E-state index in [2.05, 4.69) is 19.9 Å². The van der Waals surface area contributed by atoms with Crippen LogP contribution in [0.15, 0.2) is 42.5 Å². The Hall–Kier alpha value is -3.11. The van der Waals surface area contributed by atoms with Crippen molar-refractivity contribution in [3.05, 3.63) is 76.2 Å². The summed E-state index contributed by atoms with van der Waals surface area (Å²) in [6, 6.07) is 9.67. The summed E-state index contributed by atoms with van der Waals surface area (Å²) in [4.78, 5) is 9.69. The fourth-order valence-corrected chi connectivity index (χ4v) is 5.29. The first-order chi connectivity index (χ1) is 15.4. The molecule has 1 unspecified atom stereocenters. The molecule has 0 saturated carbocycles. The quantitative estimate of drug-likeness (QED) is 0.497. The fraction of sp³-hybridized carbons (Fsp3) is 0.273. The summed E-state index contributed by atoms with van der Waals surface area (Å²) >= 11 is 1.28. The zero-order chi connectivity index (χ0) is 22.4. The van der Waals surface area contributed by atoms with E-state index < -0.39 is 17.7 Å². The van der Waals surface area contributed by atoms with E-state index in [9.17, 15) is 18.3 Å². The van der Waals surface area contributed by atoms with E-state index in [4.69, 9.17) is 0 Å². The zero-order valence-electron chi connectivity index (χ0n) is 17.2. The summed E-state index contributed by atoms with van der Waals surface area (Å²) in [6.45, 7) is 4.26. The first-order valence-electron chi connectivity index (χ1n) is 10.2. The molecule has 1 atom stereocenters. The maximum Gasteiger partial charge on any atom is 0.230 e. The van der Waals surface area contributed by atoms with Gasteiger partial charge < -0.3 is 10.0 Å². The van der Waals surface area contributed by atoms with Crippen LogP contribution in [0.3, 0.4) is 0 Å². The number of hydrogen-bond donors (Lipinski definition) is 1. The Morgan fingerprint density at radius 1 is 0.969 bits per heavy atom. The molecule has 2 aromatic heterocycles. The van der Waals surface area contributed by atoms with Gasteiger partial charge in [0.15, 0.2) is 11.6 Å². The molecule has 5 rings (SSSR count). The number of halogens is 3. The van der Waals surface area contributed by atoms with Crippen LogP contribution in [0.2, 0.25) is 0 Å². The first kappa shape index (κ1) is 20.8. The highest BCUT2D eigenvalue weighted by Gasteiger charge is 2.32. The van der Waals surface area contributed by atoms with Crippen molar-refractivity contribution in [3.63, 3.8) is 0 Å². The minimum atomic E-state index is -0.938. The average Bonchev–Trinajstić information content (AvgIpc) is 3.29. The number of fused-ring (bicyclic) bond motifs is 1. The van der Waals surface area contributed by atoms with E-state index in [-0.39, 0.29) is 11.7 Å². The molecule has 1 aliphatic heterocycles. The van der Waals surface area contributed by atoms with Gasteiger partial charge in [0.25, 0.3) is 0 Å². The van der Waals surface area contributed by atoms with Crippen molar-refractivity contribution >= 4 is 22.0 Å². The van der Waals surface area contributed by atoms with Gasteiger partial charge in [0.2, 0.25) is 10.8 Å². The van der Waals surface area contributed by atoms with E-state index in [1.807, 2.05) is 0 Å². The molecule has 3 heterocycles. The lowest BCUT2D eigenvalue weighted by molar-refractivity contribution is 0.210. The largest absolute Gasteiger partial charge is 0.492 e. The second-order valence-corrected chi connectivity index (χ2v) is 8.73. The number of hydrogen-bond acceptors (Lipinski definition) is 6. The molecular weight excluding hydrogens is 439 g/mol. The Balaban J connectivity index is 1.48. The van der Waals surface area contributed by atoms with Gasteiger partial charge in [0.05, 0.1) is 10.9 Å². The molecule has 10 heteroatoms. The first-order valence-corrected chi connectivity index (χ1v) is 11.0. The van der Waals surface area contributed by atoms with E-state index in [0.29, 0.717) is 47.4 Å². The highest BCUT2D eigenvalue weighted by molar-refractivity contribution is 7.17. The van der Waals surface area contributed by atoms with Crippen molar-refractivity contribution in [2.45, 2.75) is 13.0 Å². The van der Waals surface area contributed by atoms with E-state index >= 15 is 0 Å². The Morgan fingerprint density at radius 2 is 1.69 bits per heavy atom. The lowest BCUT2D eigenvalue weighted by Crippen LogP contribution is -2.47. The summed E-state index contributed by atoms with van der Waals surface area (Å²) in [5, 5.41) is 15.1. The highest BCUT2D eigenvalue weighted by Crippen LogP contribution is 2.40. The van der Waals surface area contributed by atoms with Gasteiger partial charge in [-0.05, 0) is 48.9 Å². The van der Waals surface area contributed by atoms with E-state index in [0.717, 1.165) is 11.8 Å². The van der Waals surface area contributed by atoms with E-state index in [1.165, 1.54) is 40.1 Å². The predicted octanol–water partition coefficient (Wildman–Crippen LogP) is 4.13. The number of piperazine rings is 1. The van der Waals surface area contributed by atoms with Gasteiger partial charge in [0.1, 0.15) is 11.6 Å². The van der Waals surface area contributed by atoms with Gasteiger partial charge in [0, 0.05) is 31.9 Å². The minimum absolute atomic E-state index is 0.0544. The number of anilines is 1. The normalized spacial score (nSPS) is 16.1. The Bertz CT molecular complexity index is 1260. The average molecular weight is 459 g/mol. The summed E-state index contributed by atoms with van der Waals surface area (Å²) in [7, 11) is 0. The number of aromatic hydroxyl groups is 1. The molecule has 0 spiro atoms. The topological polar surface area (TPSA) is 56.9 Å². The Kier molecular flexibility index (Phi) is 5.26. The Morgan fingerprint density at radius 3 is 2.34 bits per heavy atom. The molecular formula is C22H20F3N5OS. The third-order valence-corrected chi connectivity index (χ3v) is 6.76. The molecule has 0 radical (unpaired) electrons. The number of benzene rings is 2. The van der Waals surface area contributed by atoms with Crippen molar-refractivity contribution in [2.24, 2.45) is 0 Å². The summed E-state index contributed by atoms with van der Waals surface area (Å²) in [5.74, 6) is -1.66. The van der Waals surface area contributed by atoms with Crippen LogP contribution in [0.5, 0.6) is 5.88 Å². The maximum atomic E-state index is 14.1. The van der Waals surface area contributed by atoms with Crippen molar-refractivity contribution in [3.8, 4) is 5.88 Å².